The third-order valence-corrected chi connectivity index (χ3v) is 14.9. The lowest BCUT2D eigenvalue weighted by atomic mass is 9.99. The van der Waals surface area contributed by atoms with Gasteiger partial charge in [-0.15, -0.1) is 0 Å². The van der Waals surface area contributed by atoms with Gasteiger partial charge in [-0.3, -0.25) is 9.35 Å². The summed E-state index contributed by atoms with van der Waals surface area (Å²) >= 11 is 0. The first-order valence-corrected chi connectivity index (χ1v) is 31.6. The van der Waals surface area contributed by atoms with Gasteiger partial charge in [0.25, 0.3) is 0 Å². The van der Waals surface area contributed by atoms with Crippen LogP contribution in [-0.2, 0) is 28.9 Å². The summed E-state index contributed by atoms with van der Waals surface area (Å²) in [5.74, 6) is -0.259. The molecular formula is C59H113NO11S. The molecule has 426 valence electrons. The normalized spacial score (nSPS) is 19.5. The van der Waals surface area contributed by atoms with Gasteiger partial charge in [-0.25, -0.2) is 4.18 Å². The van der Waals surface area contributed by atoms with E-state index in [-0.39, 0.29) is 18.9 Å². The Morgan fingerprint density at radius 3 is 1.25 bits per heavy atom. The van der Waals surface area contributed by atoms with Crippen LogP contribution in [0.4, 0.5) is 0 Å². The van der Waals surface area contributed by atoms with Crippen LogP contribution in [0.3, 0.4) is 0 Å². The fourth-order valence-corrected chi connectivity index (χ4v) is 10.3. The minimum Gasteiger partial charge on any atom is -0.394 e. The summed E-state index contributed by atoms with van der Waals surface area (Å²) in [5, 5.41) is 45.0. The van der Waals surface area contributed by atoms with Crippen LogP contribution in [0.1, 0.15) is 290 Å². The smallest absolute Gasteiger partial charge is 0.394 e. The van der Waals surface area contributed by atoms with Crippen LogP contribution in [0, 0.1) is 0 Å². The van der Waals surface area contributed by atoms with Gasteiger partial charge in [0.05, 0.1) is 25.4 Å². The molecule has 0 bridgehead atoms. The second kappa shape index (κ2) is 49.2. The van der Waals surface area contributed by atoms with Gasteiger partial charge in [0.15, 0.2) is 6.29 Å². The van der Waals surface area contributed by atoms with Crippen LogP contribution in [0.15, 0.2) is 24.3 Å². The average Bonchev–Trinajstić information content (AvgIpc) is 3.36. The van der Waals surface area contributed by atoms with E-state index in [1.807, 2.05) is 6.08 Å². The lowest BCUT2D eigenvalue weighted by Gasteiger charge is -2.41. The zero-order chi connectivity index (χ0) is 52.6. The van der Waals surface area contributed by atoms with E-state index in [4.69, 9.17) is 9.47 Å². The number of rotatable bonds is 53. The molecule has 1 rings (SSSR count). The molecule has 7 atom stereocenters. The van der Waals surface area contributed by atoms with Crippen LogP contribution >= 0.6 is 0 Å². The molecule has 6 N–H and O–H groups in total. The topological polar surface area (TPSA) is 192 Å². The Bertz CT molecular complexity index is 1370. The Balaban J connectivity index is 2.34. The third kappa shape index (κ3) is 40.8. The van der Waals surface area contributed by atoms with Crippen LogP contribution in [0.2, 0.25) is 0 Å². The molecule has 72 heavy (non-hydrogen) atoms. The van der Waals surface area contributed by atoms with Crippen molar-refractivity contribution in [2.24, 2.45) is 0 Å². The van der Waals surface area contributed by atoms with E-state index >= 15 is 0 Å². The molecule has 0 saturated carbocycles. The van der Waals surface area contributed by atoms with Gasteiger partial charge < -0.3 is 35.2 Å². The number of carbonyl (C=O) groups excluding carboxylic acids is 1. The van der Waals surface area contributed by atoms with Crippen LogP contribution in [-0.4, -0.2) is 95.4 Å². The molecule has 1 saturated heterocycles. The molecule has 13 heteroatoms. The van der Waals surface area contributed by atoms with Crippen molar-refractivity contribution in [3.8, 4) is 0 Å². The minimum absolute atomic E-state index is 0.259. The predicted molar refractivity (Wildman–Crippen MR) is 296 cm³/mol. The predicted octanol–water partition coefficient (Wildman–Crippen LogP) is 14.4. The second-order valence-corrected chi connectivity index (χ2v) is 22.3. The number of nitrogens with one attached hydrogen (secondary N) is 1. The summed E-state index contributed by atoms with van der Waals surface area (Å²) in [7, 11) is -5.09. The summed E-state index contributed by atoms with van der Waals surface area (Å²) in [6.07, 6.45) is 52.2. The van der Waals surface area contributed by atoms with E-state index in [1.165, 1.54) is 225 Å². The fraction of sp³-hybridized carbons (Fsp3) is 0.915. The van der Waals surface area contributed by atoms with Crippen molar-refractivity contribution in [3.05, 3.63) is 24.3 Å². The van der Waals surface area contributed by atoms with Gasteiger partial charge >= 0.3 is 10.4 Å². The number of aliphatic hydroxyl groups excluding tert-OH is 4. The molecule has 12 nitrogen and oxygen atoms in total. The monoisotopic (exact) mass is 1040 g/mol. The highest BCUT2D eigenvalue weighted by molar-refractivity contribution is 7.80. The maximum absolute atomic E-state index is 13.1. The van der Waals surface area contributed by atoms with Crippen molar-refractivity contribution >= 4 is 16.3 Å². The van der Waals surface area contributed by atoms with Gasteiger partial charge in [-0.05, 0) is 44.9 Å². The standard InChI is InChI=1S/C59H113NO11S/c1-3-5-7-9-11-13-15-17-19-21-23-24-25-26-27-28-29-31-33-35-37-39-41-43-45-47-49-55(63)60-52(51-69-59-57(65)58(71-72(66,67)68)56(64)54(50-61)70-59)53(62)48-46-44-42-40-38-36-34-32-30-22-20-18-16-14-12-10-8-6-4-2/h26-27,46,48,52-54,56-59,61-62,64-65H,3-25,28-45,47,49-51H2,1-2H3,(H,60,63)(H,66,67,68)/b27-26-,48-46+. The first kappa shape index (κ1) is 68.6. The summed E-state index contributed by atoms with van der Waals surface area (Å²) in [6.45, 7) is 3.44. The third-order valence-electron chi connectivity index (χ3n) is 14.5. The van der Waals surface area contributed by atoms with Crippen LogP contribution in [0.25, 0.3) is 0 Å². The molecular weight excluding hydrogens is 931 g/mol. The number of aliphatic hydroxyl groups is 4. The lowest BCUT2D eigenvalue weighted by Crippen LogP contribution is -2.61. The molecule has 1 fully saturated rings. The highest BCUT2D eigenvalue weighted by atomic mass is 32.3. The molecule has 0 aromatic carbocycles. The number of carbonyl (C=O) groups is 1. The molecule has 1 amide bonds. The quantitative estimate of drug-likeness (QED) is 0.0193. The van der Waals surface area contributed by atoms with Crippen molar-refractivity contribution < 1.29 is 51.8 Å². The Morgan fingerprint density at radius 1 is 0.542 bits per heavy atom. The number of allylic oxidation sites excluding steroid dienone is 3. The maximum Gasteiger partial charge on any atom is 0.397 e. The zero-order valence-corrected chi connectivity index (χ0v) is 47.1. The van der Waals surface area contributed by atoms with Gasteiger partial charge in [0, 0.05) is 6.42 Å². The maximum atomic E-state index is 13.1. The Morgan fingerprint density at radius 2 is 0.889 bits per heavy atom. The molecule has 0 spiro atoms. The SMILES string of the molecule is CCCCCCCCCCCCCC/C=C\CCCCCCCCCCCCC(=O)NC(COC1OC(CO)C(O)C(OS(=O)(=O)O)C1O)C(O)/C=C/CCCCCCCCCCCCCCCCCCC. The average molecular weight is 1040 g/mol. The molecule has 0 radical (unpaired) electrons. The molecule has 0 aliphatic carbocycles. The molecule has 1 aliphatic rings. The Hall–Kier alpha value is -1.42. The Labute approximate surface area is 442 Å². The Kier molecular flexibility index (Phi) is 46.8. The summed E-state index contributed by atoms with van der Waals surface area (Å²) in [6, 6.07) is -0.944. The second-order valence-electron chi connectivity index (χ2n) is 21.3. The number of amides is 1. The summed E-state index contributed by atoms with van der Waals surface area (Å²) < 4.78 is 47.9. The first-order chi connectivity index (χ1) is 35.0. The highest BCUT2D eigenvalue weighted by Crippen LogP contribution is 2.26. The number of hydrogen-bond donors (Lipinski definition) is 6. The fourth-order valence-electron chi connectivity index (χ4n) is 9.81. The van der Waals surface area contributed by atoms with E-state index in [1.54, 1.807) is 6.08 Å². The van der Waals surface area contributed by atoms with Crippen molar-refractivity contribution in [1.82, 2.24) is 5.32 Å². The van der Waals surface area contributed by atoms with Crippen molar-refractivity contribution in [2.75, 3.05) is 13.2 Å². The van der Waals surface area contributed by atoms with Gasteiger partial charge in [-0.2, -0.15) is 8.42 Å². The summed E-state index contributed by atoms with van der Waals surface area (Å²) in [4.78, 5) is 13.1. The largest absolute Gasteiger partial charge is 0.397 e. The van der Waals surface area contributed by atoms with Crippen molar-refractivity contribution in [3.63, 3.8) is 0 Å². The number of unbranched alkanes of at least 4 members (excludes halogenated alkanes) is 39. The van der Waals surface area contributed by atoms with E-state index < -0.39 is 59.9 Å². The minimum atomic E-state index is -5.09. The molecule has 1 aliphatic heterocycles. The highest BCUT2D eigenvalue weighted by Gasteiger charge is 2.48. The molecule has 0 aromatic rings. The summed E-state index contributed by atoms with van der Waals surface area (Å²) in [5.41, 5.74) is 0. The van der Waals surface area contributed by atoms with Crippen molar-refractivity contribution in [2.45, 2.75) is 333 Å². The van der Waals surface area contributed by atoms with E-state index in [0.29, 0.717) is 6.42 Å². The van der Waals surface area contributed by atoms with E-state index in [2.05, 4.69) is 35.5 Å². The van der Waals surface area contributed by atoms with Crippen molar-refractivity contribution in [1.29, 1.82) is 0 Å². The van der Waals surface area contributed by atoms with E-state index in [0.717, 1.165) is 38.5 Å². The number of ether oxygens (including phenoxy) is 2. The zero-order valence-electron chi connectivity index (χ0n) is 46.3. The van der Waals surface area contributed by atoms with Gasteiger partial charge in [0.1, 0.15) is 24.4 Å². The molecule has 7 unspecified atom stereocenters. The van der Waals surface area contributed by atoms with E-state index in [9.17, 15) is 38.2 Å². The number of hydrogen-bond acceptors (Lipinski definition) is 10. The van der Waals surface area contributed by atoms with Gasteiger partial charge in [0.2, 0.25) is 5.91 Å². The molecule has 0 aromatic heterocycles. The molecule has 1 heterocycles. The van der Waals surface area contributed by atoms with Crippen LogP contribution in [0.5, 0.6) is 0 Å². The van der Waals surface area contributed by atoms with Gasteiger partial charge in [-0.1, -0.05) is 263 Å². The lowest BCUT2D eigenvalue weighted by molar-refractivity contribution is -0.298. The first-order valence-electron chi connectivity index (χ1n) is 30.2. The van der Waals surface area contributed by atoms with Crippen LogP contribution < -0.4 is 5.32 Å².